The lowest BCUT2D eigenvalue weighted by atomic mass is 10.2. The van der Waals surface area contributed by atoms with Crippen molar-refractivity contribution in [2.75, 3.05) is 34.4 Å². The molecule has 0 aliphatic rings. The highest BCUT2D eigenvalue weighted by Crippen LogP contribution is 2.27. The maximum atomic E-state index is 8.77. The fourth-order valence-electron chi connectivity index (χ4n) is 1.42. The zero-order valence-corrected chi connectivity index (χ0v) is 10.6. The van der Waals surface area contributed by atoms with E-state index in [1.807, 2.05) is 14.1 Å². The Balaban J connectivity index is 2.56. The Morgan fingerprint density at radius 3 is 2.65 bits per heavy atom. The fourth-order valence-corrected chi connectivity index (χ4v) is 1.42. The molecule has 0 amide bonds. The molecule has 0 atom stereocenters. The Labute approximate surface area is 102 Å². The van der Waals surface area contributed by atoms with Crippen molar-refractivity contribution in [1.82, 2.24) is 4.90 Å². The summed E-state index contributed by atoms with van der Waals surface area (Å²) in [6, 6.07) is 7.25. The Bertz CT molecular complexity index is 397. The van der Waals surface area contributed by atoms with Crippen LogP contribution in [0.4, 0.5) is 0 Å². The van der Waals surface area contributed by atoms with Crippen LogP contribution in [0.3, 0.4) is 0 Å². The first kappa shape index (κ1) is 13.3. The van der Waals surface area contributed by atoms with Crippen LogP contribution < -0.4 is 9.47 Å². The molecule has 0 heterocycles. The summed E-state index contributed by atoms with van der Waals surface area (Å²) in [5.41, 5.74) is 0.572. The van der Waals surface area contributed by atoms with Gasteiger partial charge in [-0.05, 0) is 32.6 Å². The van der Waals surface area contributed by atoms with Gasteiger partial charge in [-0.25, -0.2) is 0 Å². The second kappa shape index (κ2) is 6.77. The average molecular weight is 234 g/mol. The highest BCUT2D eigenvalue weighted by atomic mass is 16.5. The molecule has 0 fully saturated rings. The molecule has 0 unspecified atom stereocenters. The molecule has 0 N–H and O–H groups in total. The molecule has 0 aromatic heterocycles. The Kier molecular flexibility index (Phi) is 5.31. The monoisotopic (exact) mass is 234 g/mol. The molecule has 0 aliphatic heterocycles. The third-order valence-electron chi connectivity index (χ3n) is 2.30. The van der Waals surface area contributed by atoms with Crippen molar-refractivity contribution in [3.63, 3.8) is 0 Å². The van der Waals surface area contributed by atoms with E-state index in [-0.39, 0.29) is 0 Å². The molecule has 0 spiro atoms. The van der Waals surface area contributed by atoms with Gasteiger partial charge in [0, 0.05) is 12.6 Å². The zero-order valence-electron chi connectivity index (χ0n) is 10.6. The zero-order chi connectivity index (χ0) is 12.7. The van der Waals surface area contributed by atoms with Gasteiger partial charge < -0.3 is 14.4 Å². The number of hydrogen-bond donors (Lipinski definition) is 0. The van der Waals surface area contributed by atoms with Gasteiger partial charge in [0.2, 0.25) is 0 Å². The lowest BCUT2D eigenvalue weighted by molar-refractivity contribution is 0.268. The molecular formula is C13H18N2O2. The molecule has 4 nitrogen and oxygen atoms in total. The van der Waals surface area contributed by atoms with Gasteiger partial charge in [-0.15, -0.1) is 0 Å². The summed E-state index contributed by atoms with van der Waals surface area (Å²) in [5, 5.41) is 8.77. The van der Waals surface area contributed by atoms with Crippen molar-refractivity contribution < 1.29 is 9.47 Å². The fraction of sp³-hybridized carbons (Fsp3) is 0.462. The third-order valence-corrected chi connectivity index (χ3v) is 2.30. The number of hydrogen-bond acceptors (Lipinski definition) is 4. The molecule has 0 bridgehead atoms. The van der Waals surface area contributed by atoms with Crippen molar-refractivity contribution >= 4 is 0 Å². The maximum absolute atomic E-state index is 8.77. The van der Waals surface area contributed by atoms with E-state index in [1.54, 1.807) is 25.3 Å². The Morgan fingerprint density at radius 2 is 2.06 bits per heavy atom. The lowest BCUT2D eigenvalue weighted by Crippen LogP contribution is -2.15. The Morgan fingerprint density at radius 1 is 1.29 bits per heavy atom. The third kappa shape index (κ3) is 4.33. The van der Waals surface area contributed by atoms with Gasteiger partial charge in [-0.2, -0.15) is 5.26 Å². The molecule has 0 aliphatic carbocycles. The number of benzene rings is 1. The molecule has 1 aromatic carbocycles. The van der Waals surface area contributed by atoms with Gasteiger partial charge in [0.25, 0.3) is 0 Å². The van der Waals surface area contributed by atoms with E-state index in [4.69, 9.17) is 14.7 Å². The van der Waals surface area contributed by atoms with E-state index in [1.165, 1.54) is 0 Å². The van der Waals surface area contributed by atoms with E-state index in [2.05, 4.69) is 11.0 Å². The van der Waals surface area contributed by atoms with E-state index < -0.39 is 0 Å². The summed E-state index contributed by atoms with van der Waals surface area (Å²) in [6.45, 7) is 1.62. The van der Waals surface area contributed by atoms with Gasteiger partial charge >= 0.3 is 0 Å². The van der Waals surface area contributed by atoms with Crippen LogP contribution in [0.1, 0.15) is 12.0 Å². The number of rotatable bonds is 6. The van der Waals surface area contributed by atoms with Gasteiger partial charge in [-0.3, -0.25) is 0 Å². The van der Waals surface area contributed by atoms with Gasteiger partial charge in [-0.1, -0.05) is 0 Å². The van der Waals surface area contributed by atoms with Crippen molar-refractivity contribution in [1.29, 1.82) is 5.26 Å². The SMILES string of the molecule is COc1cc(C#N)ccc1OCCCN(C)C. The minimum Gasteiger partial charge on any atom is -0.493 e. The van der Waals surface area contributed by atoms with E-state index in [0.29, 0.717) is 23.7 Å². The predicted octanol–water partition coefficient (Wildman–Crippen LogP) is 1.90. The van der Waals surface area contributed by atoms with E-state index in [0.717, 1.165) is 13.0 Å². The maximum Gasteiger partial charge on any atom is 0.162 e. The van der Waals surface area contributed by atoms with Crippen molar-refractivity contribution in [2.45, 2.75) is 6.42 Å². The smallest absolute Gasteiger partial charge is 0.162 e. The summed E-state index contributed by atoms with van der Waals surface area (Å²) in [5.74, 6) is 1.29. The van der Waals surface area contributed by atoms with E-state index in [9.17, 15) is 0 Å². The first-order chi connectivity index (χ1) is 8.17. The van der Waals surface area contributed by atoms with Gasteiger partial charge in [0.05, 0.1) is 25.3 Å². The molecule has 0 saturated heterocycles. The first-order valence-corrected chi connectivity index (χ1v) is 5.53. The molecule has 17 heavy (non-hydrogen) atoms. The van der Waals surface area contributed by atoms with Crippen LogP contribution in [0.5, 0.6) is 11.5 Å². The molecule has 1 rings (SSSR count). The average Bonchev–Trinajstić information content (AvgIpc) is 2.34. The second-order valence-electron chi connectivity index (χ2n) is 3.98. The van der Waals surface area contributed by atoms with Crippen LogP contribution in [0.2, 0.25) is 0 Å². The largest absolute Gasteiger partial charge is 0.493 e. The molecule has 92 valence electrons. The van der Waals surface area contributed by atoms with Crippen molar-refractivity contribution in [3.05, 3.63) is 23.8 Å². The molecular weight excluding hydrogens is 216 g/mol. The van der Waals surface area contributed by atoms with Crippen LogP contribution >= 0.6 is 0 Å². The number of nitriles is 1. The van der Waals surface area contributed by atoms with Crippen molar-refractivity contribution in [3.8, 4) is 17.6 Å². The topological polar surface area (TPSA) is 45.5 Å². The van der Waals surface area contributed by atoms with Gasteiger partial charge in [0.15, 0.2) is 11.5 Å². The molecule has 0 radical (unpaired) electrons. The van der Waals surface area contributed by atoms with E-state index >= 15 is 0 Å². The normalized spacial score (nSPS) is 10.1. The summed E-state index contributed by atoms with van der Waals surface area (Å²) in [6.07, 6.45) is 0.955. The standard InChI is InChI=1S/C13H18N2O2/c1-15(2)7-4-8-17-12-6-5-11(10-14)9-13(12)16-3/h5-6,9H,4,7-8H2,1-3H3. The minimum atomic E-state index is 0.572. The highest BCUT2D eigenvalue weighted by molar-refractivity contribution is 5.46. The Hall–Kier alpha value is -1.73. The van der Waals surface area contributed by atoms with Crippen LogP contribution in [0.25, 0.3) is 0 Å². The predicted molar refractivity (Wildman–Crippen MR) is 66.4 cm³/mol. The van der Waals surface area contributed by atoms with Crippen LogP contribution in [-0.2, 0) is 0 Å². The van der Waals surface area contributed by atoms with Crippen LogP contribution in [0.15, 0.2) is 18.2 Å². The molecule has 0 saturated carbocycles. The summed E-state index contributed by atoms with van der Waals surface area (Å²) in [4.78, 5) is 2.11. The van der Waals surface area contributed by atoms with Crippen LogP contribution in [-0.4, -0.2) is 39.3 Å². The summed E-state index contributed by atoms with van der Waals surface area (Å²) in [7, 11) is 5.63. The number of methoxy groups -OCH3 is 1. The summed E-state index contributed by atoms with van der Waals surface area (Å²) >= 11 is 0. The second-order valence-corrected chi connectivity index (χ2v) is 3.98. The van der Waals surface area contributed by atoms with Gasteiger partial charge in [0.1, 0.15) is 0 Å². The first-order valence-electron chi connectivity index (χ1n) is 5.53. The van der Waals surface area contributed by atoms with Crippen molar-refractivity contribution in [2.24, 2.45) is 0 Å². The van der Waals surface area contributed by atoms with Crippen LogP contribution in [0, 0.1) is 11.3 Å². The number of nitrogens with zero attached hydrogens (tertiary/aromatic N) is 2. The number of ether oxygens (including phenoxy) is 2. The molecule has 1 aromatic rings. The minimum absolute atomic E-state index is 0.572. The quantitative estimate of drug-likeness (QED) is 0.705. The highest BCUT2D eigenvalue weighted by Gasteiger charge is 2.05. The molecule has 4 heteroatoms. The summed E-state index contributed by atoms with van der Waals surface area (Å²) < 4.78 is 10.8. The lowest BCUT2D eigenvalue weighted by Gasteiger charge is -2.12.